The highest BCUT2D eigenvalue weighted by atomic mass is 19.1. The Morgan fingerprint density at radius 1 is 1.14 bits per heavy atom. The summed E-state index contributed by atoms with van der Waals surface area (Å²) >= 11 is 0. The Bertz CT molecular complexity index is 508. The van der Waals surface area contributed by atoms with Gasteiger partial charge in [-0.2, -0.15) is 0 Å². The number of nitrogens with one attached hydrogen (secondary N) is 1. The van der Waals surface area contributed by atoms with Crippen molar-refractivity contribution in [3.05, 3.63) is 30.1 Å². The van der Waals surface area contributed by atoms with Crippen molar-refractivity contribution in [3.8, 4) is 0 Å². The van der Waals surface area contributed by atoms with Crippen molar-refractivity contribution in [1.82, 2.24) is 10.2 Å². The highest BCUT2D eigenvalue weighted by molar-refractivity contribution is 5.78. The molecule has 2 aliphatic rings. The number of nitrogens with zero attached hydrogens (tertiary/aromatic N) is 2. The van der Waals surface area contributed by atoms with E-state index in [1.54, 1.807) is 12.1 Å². The van der Waals surface area contributed by atoms with Crippen LogP contribution in [0.2, 0.25) is 0 Å². The summed E-state index contributed by atoms with van der Waals surface area (Å²) in [7, 11) is 0. The average molecular weight is 305 g/mol. The van der Waals surface area contributed by atoms with E-state index in [1.165, 1.54) is 31.7 Å². The molecule has 0 spiro atoms. The first kappa shape index (κ1) is 15.3. The maximum atomic E-state index is 13.8. The van der Waals surface area contributed by atoms with E-state index in [0.29, 0.717) is 44.5 Å². The fourth-order valence-electron chi connectivity index (χ4n) is 3.38. The molecular formula is C17H24FN3O. The molecule has 2 fully saturated rings. The standard InChI is InChI=1S/C17H24FN3O/c18-15-7-3-4-8-16(15)20-9-11-21(12-10-20)17(22)13-19-14-5-1-2-6-14/h3-4,7-8,14,19H,1-2,5-6,9-13H2. The van der Waals surface area contributed by atoms with Crippen LogP contribution in [0.15, 0.2) is 24.3 Å². The largest absolute Gasteiger partial charge is 0.366 e. The van der Waals surface area contributed by atoms with Crippen LogP contribution >= 0.6 is 0 Å². The number of anilines is 1. The van der Waals surface area contributed by atoms with Crippen molar-refractivity contribution in [3.63, 3.8) is 0 Å². The molecule has 0 unspecified atom stereocenters. The van der Waals surface area contributed by atoms with Gasteiger partial charge in [0.25, 0.3) is 0 Å². The summed E-state index contributed by atoms with van der Waals surface area (Å²) in [4.78, 5) is 16.1. The van der Waals surface area contributed by atoms with Gasteiger partial charge in [-0.25, -0.2) is 4.39 Å². The second kappa shape index (κ2) is 7.09. The maximum Gasteiger partial charge on any atom is 0.236 e. The van der Waals surface area contributed by atoms with Crippen LogP contribution in [0.4, 0.5) is 10.1 Å². The number of benzene rings is 1. The third kappa shape index (κ3) is 3.58. The van der Waals surface area contributed by atoms with E-state index >= 15 is 0 Å². The predicted octanol–water partition coefficient (Wildman–Crippen LogP) is 2.01. The molecule has 22 heavy (non-hydrogen) atoms. The first-order valence-electron chi connectivity index (χ1n) is 8.24. The van der Waals surface area contributed by atoms with Gasteiger partial charge in [0.05, 0.1) is 12.2 Å². The van der Waals surface area contributed by atoms with Gasteiger partial charge in [-0.3, -0.25) is 4.79 Å². The fraction of sp³-hybridized carbons (Fsp3) is 0.588. The molecular weight excluding hydrogens is 281 g/mol. The lowest BCUT2D eigenvalue weighted by molar-refractivity contribution is -0.130. The van der Waals surface area contributed by atoms with E-state index in [-0.39, 0.29) is 11.7 Å². The van der Waals surface area contributed by atoms with Crippen molar-refractivity contribution in [2.75, 3.05) is 37.6 Å². The number of halogens is 1. The Hall–Kier alpha value is -1.62. The molecule has 0 aromatic heterocycles. The summed E-state index contributed by atoms with van der Waals surface area (Å²) < 4.78 is 13.8. The number of rotatable bonds is 4. The van der Waals surface area contributed by atoms with Crippen LogP contribution < -0.4 is 10.2 Å². The van der Waals surface area contributed by atoms with E-state index in [9.17, 15) is 9.18 Å². The first-order chi connectivity index (χ1) is 10.7. The normalized spacial score (nSPS) is 19.7. The van der Waals surface area contributed by atoms with E-state index in [4.69, 9.17) is 0 Å². The van der Waals surface area contributed by atoms with E-state index < -0.39 is 0 Å². The number of piperazine rings is 1. The average Bonchev–Trinajstić information content (AvgIpc) is 3.07. The van der Waals surface area contributed by atoms with E-state index in [0.717, 1.165) is 0 Å². The summed E-state index contributed by atoms with van der Waals surface area (Å²) in [6.07, 6.45) is 4.92. The van der Waals surface area contributed by atoms with Gasteiger partial charge in [-0.15, -0.1) is 0 Å². The SMILES string of the molecule is O=C(CNC1CCCC1)N1CCN(c2ccccc2F)CC1. The number of amides is 1. The topological polar surface area (TPSA) is 35.6 Å². The molecule has 1 saturated heterocycles. The molecule has 1 amide bonds. The van der Waals surface area contributed by atoms with Gasteiger partial charge in [0.2, 0.25) is 5.91 Å². The minimum Gasteiger partial charge on any atom is -0.366 e. The zero-order valence-corrected chi connectivity index (χ0v) is 12.9. The number of hydrogen-bond donors (Lipinski definition) is 1. The Morgan fingerprint density at radius 2 is 1.82 bits per heavy atom. The van der Waals surface area contributed by atoms with Crippen LogP contribution in [0, 0.1) is 5.82 Å². The molecule has 4 nitrogen and oxygen atoms in total. The van der Waals surface area contributed by atoms with E-state index in [2.05, 4.69) is 5.32 Å². The lowest BCUT2D eigenvalue weighted by atomic mass is 10.2. The Balaban J connectivity index is 1.46. The molecule has 1 heterocycles. The molecule has 1 aromatic rings. The number of carbonyl (C=O) groups is 1. The summed E-state index contributed by atoms with van der Waals surface area (Å²) in [6, 6.07) is 7.35. The first-order valence-corrected chi connectivity index (χ1v) is 8.24. The van der Waals surface area contributed by atoms with Crippen molar-refractivity contribution >= 4 is 11.6 Å². The maximum absolute atomic E-state index is 13.8. The molecule has 1 aliphatic carbocycles. The molecule has 0 atom stereocenters. The minimum atomic E-state index is -0.190. The highest BCUT2D eigenvalue weighted by Gasteiger charge is 2.23. The number of hydrogen-bond acceptors (Lipinski definition) is 3. The van der Waals surface area contributed by atoms with Crippen LogP contribution in [0.1, 0.15) is 25.7 Å². The predicted molar refractivity (Wildman–Crippen MR) is 85.5 cm³/mol. The summed E-state index contributed by atoms with van der Waals surface area (Å²) in [6.45, 7) is 3.15. The van der Waals surface area contributed by atoms with Gasteiger partial charge >= 0.3 is 0 Å². The minimum absolute atomic E-state index is 0.167. The summed E-state index contributed by atoms with van der Waals surface area (Å²) in [5.41, 5.74) is 0.638. The Labute approximate surface area is 131 Å². The quantitative estimate of drug-likeness (QED) is 0.924. The van der Waals surface area contributed by atoms with Gasteiger partial charge in [0.1, 0.15) is 5.82 Å². The molecule has 3 rings (SSSR count). The molecule has 1 aliphatic heterocycles. The molecule has 5 heteroatoms. The van der Waals surface area contributed by atoms with Crippen molar-refractivity contribution in [2.24, 2.45) is 0 Å². The number of para-hydroxylation sites is 1. The zero-order valence-electron chi connectivity index (χ0n) is 12.9. The zero-order chi connectivity index (χ0) is 15.4. The molecule has 0 radical (unpaired) electrons. The van der Waals surface area contributed by atoms with Gasteiger partial charge in [-0.05, 0) is 25.0 Å². The second-order valence-electron chi connectivity index (χ2n) is 6.18. The van der Waals surface area contributed by atoms with Gasteiger partial charge < -0.3 is 15.1 Å². The van der Waals surface area contributed by atoms with Crippen LogP contribution in [-0.4, -0.2) is 49.6 Å². The number of carbonyl (C=O) groups excluding carboxylic acids is 1. The van der Waals surface area contributed by atoms with Gasteiger partial charge in [0.15, 0.2) is 0 Å². The molecule has 1 N–H and O–H groups in total. The Morgan fingerprint density at radius 3 is 2.50 bits per heavy atom. The van der Waals surface area contributed by atoms with Crippen molar-refractivity contribution in [1.29, 1.82) is 0 Å². The van der Waals surface area contributed by atoms with Crippen LogP contribution in [0.3, 0.4) is 0 Å². The fourth-order valence-corrected chi connectivity index (χ4v) is 3.38. The van der Waals surface area contributed by atoms with Crippen LogP contribution in [0.5, 0.6) is 0 Å². The second-order valence-corrected chi connectivity index (χ2v) is 6.18. The smallest absolute Gasteiger partial charge is 0.236 e. The third-order valence-corrected chi connectivity index (χ3v) is 4.72. The summed E-state index contributed by atoms with van der Waals surface area (Å²) in [5, 5.41) is 3.37. The molecule has 0 bridgehead atoms. The van der Waals surface area contributed by atoms with Gasteiger partial charge in [0, 0.05) is 32.2 Å². The Kier molecular flexibility index (Phi) is 4.93. The van der Waals surface area contributed by atoms with Crippen LogP contribution in [0.25, 0.3) is 0 Å². The van der Waals surface area contributed by atoms with Crippen molar-refractivity contribution in [2.45, 2.75) is 31.7 Å². The molecule has 1 aromatic carbocycles. The highest BCUT2D eigenvalue weighted by Crippen LogP contribution is 2.20. The van der Waals surface area contributed by atoms with Gasteiger partial charge in [-0.1, -0.05) is 25.0 Å². The van der Waals surface area contributed by atoms with Crippen LogP contribution in [-0.2, 0) is 4.79 Å². The monoisotopic (exact) mass is 305 g/mol. The van der Waals surface area contributed by atoms with Crippen molar-refractivity contribution < 1.29 is 9.18 Å². The molecule has 1 saturated carbocycles. The lowest BCUT2D eigenvalue weighted by Gasteiger charge is -2.36. The van der Waals surface area contributed by atoms with E-state index in [1.807, 2.05) is 15.9 Å². The third-order valence-electron chi connectivity index (χ3n) is 4.72. The lowest BCUT2D eigenvalue weighted by Crippen LogP contribution is -2.51. The molecule has 120 valence electrons. The summed E-state index contributed by atoms with van der Waals surface area (Å²) in [5.74, 6) is -0.0229.